The molecule has 0 spiro atoms. The van der Waals surface area contributed by atoms with Crippen LogP contribution in [0.15, 0.2) is 72.8 Å². The fourth-order valence-electron chi connectivity index (χ4n) is 4.36. The number of anilines is 2. The van der Waals surface area contributed by atoms with Crippen molar-refractivity contribution < 1.29 is 23.9 Å². The Morgan fingerprint density at radius 3 is 2.21 bits per heavy atom. The maximum atomic E-state index is 12.7. The van der Waals surface area contributed by atoms with Crippen molar-refractivity contribution in [1.29, 1.82) is 0 Å². The van der Waals surface area contributed by atoms with Gasteiger partial charge in [0.2, 0.25) is 11.8 Å². The van der Waals surface area contributed by atoms with E-state index in [9.17, 15) is 14.4 Å². The lowest BCUT2D eigenvalue weighted by Crippen LogP contribution is -2.32. The number of carbonyl (C=O) groups is 3. The second-order valence-electron chi connectivity index (χ2n) is 9.81. The number of carbonyl (C=O) groups excluding carboxylic acids is 3. The first-order chi connectivity index (χ1) is 18.8. The van der Waals surface area contributed by atoms with Crippen molar-refractivity contribution >= 4 is 29.1 Å². The third kappa shape index (κ3) is 7.60. The zero-order valence-electron chi connectivity index (χ0n) is 22.6. The molecule has 1 saturated heterocycles. The van der Waals surface area contributed by atoms with Crippen LogP contribution in [0.1, 0.15) is 44.2 Å². The van der Waals surface area contributed by atoms with E-state index in [4.69, 9.17) is 9.47 Å². The summed E-state index contributed by atoms with van der Waals surface area (Å²) in [6.07, 6.45) is 0.169. The van der Waals surface area contributed by atoms with Crippen LogP contribution >= 0.6 is 0 Å². The molecule has 0 aromatic heterocycles. The highest BCUT2D eigenvalue weighted by molar-refractivity contribution is 6.00. The summed E-state index contributed by atoms with van der Waals surface area (Å²) in [7, 11) is 0. The van der Waals surface area contributed by atoms with E-state index in [1.165, 1.54) is 5.56 Å². The average Bonchev–Trinajstić information content (AvgIpc) is 3.34. The SMILES string of the molecule is CCOc1ccc(NC(=O)COc2ccc(N3C[C@H](C(=O)NCc4ccc(C(C)C)cc4)CC3=O)cc2)cc1. The second-order valence-corrected chi connectivity index (χ2v) is 9.81. The van der Waals surface area contributed by atoms with E-state index in [0.717, 1.165) is 11.3 Å². The number of hydrogen-bond acceptors (Lipinski definition) is 5. The van der Waals surface area contributed by atoms with Crippen molar-refractivity contribution in [3.63, 3.8) is 0 Å². The Kier molecular flexibility index (Phi) is 9.20. The molecule has 204 valence electrons. The molecule has 1 aliphatic rings. The van der Waals surface area contributed by atoms with Gasteiger partial charge in [-0.15, -0.1) is 0 Å². The van der Waals surface area contributed by atoms with E-state index < -0.39 is 5.92 Å². The highest BCUT2D eigenvalue weighted by Crippen LogP contribution is 2.27. The smallest absolute Gasteiger partial charge is 0.262 e. The van der Waals surface area contributed by atoms with Crippen LogP contribution in [-0.2, 0) is 20.9 Å². The van der Waals surface area contributed by atoms with Crippen molar-refractivity contribution in [3.8, 4) is 11.5 Å². The summed E-state index contributed by atoms with van der Waals surface area (Å²) in [5.41, 5.74) is 3.62. The van der Waals surface area contributed by atoms with Crippen molar-refractivity contribution in [2.75, 3.05) is 30.0 Å². The lowest BCUT2D eigenvalue weighted by molar-refractivity contribution is -0.126. The molecular weight excluding hydrogens is 494 g/mol. The molecule has 0 bridgehead atoms. The molecule has 0 radical (unpaired) electrons. The minimum Gasteiger partial charge on any atom is -0.494 e. The first-order valence-electron chi connectivity index (χ1n) is 13.2. The molecule has 1 fully saturated rings. The van der Waals surface area contributed by atoms with Gasteiger partial charge < -0.3 is 25.0 Å². The maximum absolute atomic E-state index is 12.7. The van der Waals surface area contributed by atoms with Crippen molar-refractivity contribution in [1.82, 2.24) is 5.32 Å². The van der Waals surface area contributed by atoms with Crippen LogP contribution < -0.4 is 25.0 Å². The van der Waals surface area contributed by atoms with E-state index in [0.29, 0.717) is 42.7 Å². The first kappa shape index (κ1) is 27.7. The van der Waals surface area contributed by atoms with Crippen LogP contribution in [-0.4, -0.2) is 37.5 Å². The zero-order chi connectivity index (χ0) is 27.8. The summed E-state index contributed by atoms with van der Waals surface area (Å²) >= 11 is 0. The number of nitrogens with one attached hydrogen (secondary N) is 2. The summed E-state index contributed by atoms with van der Waals surface area (Å²) in [4.78, 5) is 39.3. The minimum atomic E-state index is -0.408. The van der Waals surface area contributed by atoms with Crippen LogP contribution in [0, 0.1) is 5.92 Å². The summed E-state index contributed by atoms with van der Waals surface area (Å²) in [6, 6.07) is 22.2. The lowest BCUT2D eigenvalue weighted by atomic mass is 10.0. The Bertz CT molecular complexity index is 1270. The number of benzene rings is 3. The third-order valence-electron chi connectivity index (χ3n) is 6.58. The summed E-state index contributed by atoms with van der Waals surface area (Å²) in [5.74, 6) is 0.779. The van der Waals surface area contributed by atoms with Gasteiger partial charge in [-0.25, -0.2) is 0 Å². The molecule has 1 heterocycles. The molecule has 1 aliphatic heterocycles. The van der Waals surface area contributed by atoms with Crippen molar-refractivity contribution in [3.05, 3.63) is 83.9 Å². The molecule has 0 aliphatic carbocycles. The van der Waals surface area contributed by atoms with Gasteiger partial charge in [-0.2, -0.15) is 0 Å². The molecule has 39 heavy (non-hydrogen) atoms. The molecule has 4 rings (SSSR count). The molecule has 0 unspecified atom stereocenters. The van der Waals surface area contributed by atoms with Gasteiger partial charge in [-0.3, -0.25) is 14.4 Å². The zero-order valence-corrected chi connectivity index (χ0v) is 22.6. The molecule has 2 N–H and O–H groups in total. The Morgan fingerprint density at radius 2 is 1.56 bits per heavy atom. The van der Waals surface area contributed by atoms with Gasteiger partial charge in [0.05, 0.1) is 12.5 Å². The van der Waals surface area contributed by atoms with Gasteiger partial charge in [0, 0.05) is 30.9 Å². The lowest BCUT2D eigenvalue weighted by Gasteiger charge is -2.17. The molecule has 3 aromatic rings. The topological polar surface area (TPSA) is 97.0 Å². The number of nitrogens with zero attached hydrogens (tertiary/aromatic N) is 1. The summed E-state index contributed by atoms with van der Waals surface area (Å²) in [6.45, 7) is 7.37. The van der Waals surface area contributed by atoms with Gasteiger partial charge in [0.1, 0.15) is 11.5 Å². The molecule has 3 aromatic carbocycles. The highest BCUT2D eigenvalue weighted by Gasteiger charge is 2.35. The molecule has 8 nitrogen and oxygen atoms in total. The molecule has 0 saturated carbocycles. The van der Waals surface area contributed by atoms with E-state index >= 15 is 0 Å². The normalized spacial score (nSPS) is 14.8. The van der Waals surface area contributed by atoms with Gasteiger partial charge in [-0.1, -0.05) is 38.1 Å². The predicted octanol–water partition coefficient (Wildman–Crippen LogP) is 4.90. The Balaban J connectivity index is 1.23. The highest BCUT2D eigenvalue weighted by atomic mass is 16.5. The molecule has 3 amide bonds. The standard InChI is InChI=1S/C31H35N3O5/c1-4-38-27-13-9-25(10-14-27)33-29(35)20-39-28-15-11-26(12-16-28)34-19-24(17-30(34)36)31(37)32-18-22-5-7-23(8-6-22)21(2)3/h5-16,21,24H,4,17-20H2,1-3H3,(H,32,37)(H,33,35)/t24-/m1/s1. The van der Waals surface area contributed by atoms with Gasteiger partial charge in [0.25, 0.3) is 5.91 Å². The minimum absolute atomic E-state index is 0.0974. The Labute approximate surface area is 229 Å². The van der Waals surface area contributed by atoms with Crippen LogP contribution in [0.4, 0.5) is 11.4 Å². The Morgan fingerprint density at radius 1 is 0.923 bits per heavy atom. The van der Waals surface area contributed by atoms with Crippen LogP contribution in [0.5, 0.6) is 11.5 Å². The fourth-order valence-corrected chi connectivity index (χ4v) is 4.36. The third-order valence-corrected chi connectivity index (χ3v) is 6.58. The molecule has 8 heteroatoms. The van der Waals surface area contributed by atoms with Crippen LogP contribution in [0.3, 0.4) is 0 Å². The molecular formula is C31H35N3O5. The number of hydrogen-bond donors (Lipinski definition) is 2. The van der Waals surface area contributed by atoms with Crippen molar-refractivity contribution in [2.45, 2.75) is 39.7 Å². The largest absolute Gasteiger partial charge is 0.494 e. The fraction of sp³-hybridized carbons (Fsp3) is 0.323. The number of ether oxygens (including phenoxy) is 2. The summed E-state index contributed by atoms with van der Waals surface area (Å²) in [5, 5.41) is 5.74. The maximum Gasteiger partial charge on any atom is 0.262 e. The number of rotatable bonds is 11. The monoisotopic (exact) mass is 529 g/mol. The van der Waals surface area contributed by atoms with Crippen molar-refractivity contribution in [2.24, 2.45) is 5.92 Å². The van der Waals surface area contributed by atoms with Crippen LogP contribution in [0.25, 0.3) is 0 Å². The van der Waals surface area contributed by atoms with Gasteiger partial charge >= 0.3 is 0 Å². The Hall–Kier alpha value is -4.33. The summed E-state index contributed by atoms with van der Waals surface area (Å²) < 4.78 is 11.0. The first-order valence-corrected chi connectivity index (χ1v) is 13.2. The van der Waals surface area contributed by atoms with E-state index in [1.807, 2.05) is 19.1 Å². The van der Waals surface area contributed by atoms with E-state index in [-0.39, 0.29) is 30.7 Å². The number of amides is 3. The van der Waals surface area contributed by atoms with E-state index in [1.54, 1.807) is 53.4 Å². The van der Waals surface area contributed by atoms with E-state index in [2.05, 4.69) is 36.6 Å². The van der Waals surface area contributed by atoms with Gasteiger partial charge in [-0.05, 0) is 72.5 Å². The second kappa shape index (κ2) is 13.0. The van der Waals surface area contributed by atoms with Gasteiger partial charge in [0.15, 0.2) is 6.61 Å². The molecule has 1 atom stereocenters. The quantitative estimate of drug-likeness (QED) is 0.369. The van der Waals surface area contributed by atoms with Crippen LogP contribution in [0.2, 0.25) is 0 Å². The average molecular weight is 530 g/mol. The predicted molar refractivity (Wildman–Crippen MR) is 151 cm³/mol.